The van der Waals surface area contributed by atoms with E-state index in [1.54, 1.807) is 0 Å². The molecule has 1 aromatic heterocycles. The molecule has 196 valence electrons. The van der Waals surface area contributed by atoms with Crippen molar-refractivity contribution in [1.29, 1.82) is 0 Å². The van der Waals surface area contributed by atoms with Crippen molar-refractivity contribution in [3.63, 3.8) is 0 Å². The molecular weight excluding hydrogens is 444 g/mol. The zero-order chi connectivity index (χ0) is 25.2. The topological polar surface area (TPSA) is 66.2 Å². The normalized spacial score (nSPS) is 43.0. The molecule has 2 N–H and O–H groups in total. The lowest BCUT2D eigenvalue weighted by Gasteiger charge is -2.62. The minimum atomic E-state index is -0.208. The van der Waals surface area contributed by atoms with Gasteiger partial charge in [0.15, 0.2) is 0 Å². The van der Waals surface area contributed by atoms with E-state index in [9.17, 15) is 10.2 Å². The van der Waals surface area contributed by atoms with Crippen LogP contribution in [0.25, 0.3) is 10.9 Å². The van der Waals surface area contributed by atoms with Crippen LogP contribution in [-0.4, -0.2) is 32.4 Å². The summed E-state index contributed by atoms with van der Waals surface area (Å²) in [6, 6.07) is 8.32. The highest BCUT2D eigenvalue weighted by Gasteiger charge is 2.63. The van der Waals surface area contributed by atoms with Crippen LogP contribution in [0.3, 0.4) is 0 Å². The number of benzene rings is 1. The van der Waals surface area contributed by atoms with Crippen molar-refractivity contribution in [1.82, 2.24) is 9.97 Å². The van der Waals surface area contributed by atoms with Crippen molar-refractivity contribution in [3.8, 4) is 0 Å². The monoisotopic (exact) mass is 490 g/mol. The fourth-order valence-corrected chi connectivity index (χ4v) is 10.1. The smallest absolute Gasteiger partial charge is 0.129 e. The summed E-state index contributed by atoms with van der Waals surface area (Å²) in [5.74, 6) is 4.74. The molecule has 4 saturated carbocycles. The van der Waals surface area contributed by atoms with E-state index in [2.05, 4.69) is 52.0 Å². The first-order valence-electron chi connectivity index (χ1n) is 14.8. The van der Waals surface area contributed by atoms with Gasteiger partial charge in [-0.15, -0.1) is 0 Å². The lowest BCUT2D eigenvalue weighted by molar-refractivity contribution is -0.174. The third-order valence-electron chi connectivity index (χ3n) is 12.2. The molecule has 0 aliphatic heterocycles. The van der Waals surface area contributed by atoms with Gasteiger partial charge in [-0.2, -0.15) is 0 Å². The Morgan fingerprint density at radius 1 is 0.972 bits per heavy atom. The van der Waals surface area contributed by atoms with Gasteiger partial charge >= 0.3 is 0 Å². The summed E-state index contributed by atoms with van der Waals surface area (Å²) >= 11 is 0. The summed E-state index contributed by atoms with van der Waals surface area (Å²) in [6.45, 7) is 9.47. The van der Waals surface area contributed by atoms with E-state index in [0.29, 0.717) is 35.0 Å². The Morgan fingerprint density at radius 3 is 2.61 bits per heavy atom. The average Bonchev–Trinajstić information content (AvgIpc) is 3.22. The molecule has 4 fully saturated rings. The van der Waals surface area contributed by atoms with E-state index in [1.165, 1.54) is 25.7 Å². The van der Waals surface area contributed by atoms with Gasteiger partial charge < -0.3 is 10.2 Å². The first-order valence-corrected chi connectivity index (χ1v) is 14.8. The SMILES string of the molecule is Cc1nc(CC[C@@H](C)[C@H]2CC[C@H]3[C@@H]4CC[C@@H]5C[C@H](O)CC[C@]5(C)C4C[C@H](O)[C@]23C)nc2ccccc12. The Kier molecular flexibility index (Phi) is 6.23. The number of aromatic nitrogens is 2. The standard InChI is InChI=1S/C32H46N2O2/c1-19(9-14-30-33-20(2)23-7-5-6-8-28(23)34-30)25-12-13-26-24-11-10-21-17-22(35)15-16-31(21,3)27(24)18-29(36)32(25,26)4/h5-8,19,21-22,24-27,29,35-36H,9-18H2,1-4H3/t19-,21-,22-,24+,25-,26+,27?,29+,31+,32-/m1/s1. The van der Waals surface area contributed by atoms with Crippen LogP contribution in [0.5, 0.6) is 0 Å². The van der Waals surface area contributed by atoms with Gasteiger partial charge in [-0.05, 0) is 117 Å². The van der Waals surface area contributed by atoms with Crippen molar-refractivity contribution < 1.29 is 10.2 Å². The highest BCUT2D eigenvalue weighted by Crippen LogP contribution is 2.68. The van der Waals surface area contributed by atoms with Gasteiger partial charge in [0.2, 0.25) is 0 Å². The van der Waals surface area contributed by atoms with Crippen LogP contribution >= 0.6 is 0 Å². The van der Waals surface area contributed by atoms with E-state index in [0.717, 1.165) is 66.9 Å². The van der Waals surface area contributed by atoms with Crippen molar-refractivity contribution in [2.45, 2.75) is 104 Å². The second kappa shape index (κ2) is 9.05. The molecule has 4 heteroatoms. The molecule has 0 bridgehead atoms. The molecule has 0 radical (unpaired) electrons. The van der Waals surface area contributed by atoms with Crippen molar-refractivity contribution in [3.05, 3.63) is 35.8 Å². The fraction of sp³-hybridized carbons (Fsp3) is 0.750. The number of nitrogens with zero attached hydrogens (tertiary/aromatic N) is 2. The Bertz CT molecular complexity index is 1120. The van der Waals surface area contributed by atoms with E-state index in [4.69, 9.17) is 9.97 Å². The molecule has 36 heavy (non-hydrogen) atoms. The van der Waals surface area contributed by atoms with Gasteiger partial charge in [-0.25, -0.2) is 9.97 Å². The highest BCUT2D eigenvalue weighted by molar-refractivity contribution is 5.80. The molecule has 0 spiro atoms. The summed E-state index contributed by atoms with van der Waals surface area (Å²) in [5, 5.41) is 23.3. The minimum Gasteiger partial charge on any atom is -0.393 e. The molecule has 0 amide bonds. The molecule has 1 heterocycles. The molecule has 1 unspecified atom stereocenters. The molecule has 0 saturated heterocycles. The van der Waals surface area contributed by atoms with Crippen LogP contribution in [0.4, 0.5) is 0 Å². The summed E-state index contributed by atoms with van der Waals surface area (Å²) in [5.41, 5.74) is 2.45. The van der Waals surface area contributed by atoms with Crippen LogP contribution < -0.4 is 0 Å². The Morgan fingerprint density at radius 2 is 1.78 bits per heavy atom. The number of fused-ring (bicyclic) bond motifs is 6. The molecule has 4 aliphatic carbocycles. The quantitative estimate of drug-likeness (QED) is 0.513. The van der Waals surface area contributed by atoms with Gasteiger partial charge in [-0.1, -0.05) is 39.0 Å². The molecule has 10 atom stereocenters. The van der Waals surface area contributed by atoms with Crippen molar-refractivity contribution in [2.24, 2.45) is 46.3 Å². The van der Waals surface area contributed by atoms with Gasteiger partial charge in [0.05, 0.1) is 17.7 Å². The zero-order valence-corrected chi connectivity index (χ0v) is 22.8. The van der Waals surface area contributed by atoms with E-state index in [1.807, 2.05) is 0 Å². The van der Waals surface area contributed by atoms with Crippen molar-refractivity contribution in [2.75, 3.05) is 0 Å². The number of aliphatic hydroxyl groups excluding tert-OH is 2. The molecule has 2 aromatic rings. The first-order chi connectivity index (χ1) is 17.2. The minimum absolute atomic E-state index is 0.0259. The first kappa shape index (κ1) is 24.8. The molecule has 1 aromatic carbocycles. The second-order valence-corrected chi connectivity index (χ2v) is 13.6. The maximum Gasteiger partial charge on any atom is 0.129 e. The number of hydrogen-bond donors (Lipinski definition) is 2. The summed E-state index contributed by atoms with van der Waals surface area (Å²) in [7, 11) is 0. The maximum atomic E-state index is 11.8. The van der Waals surface area contributed by atoms with Crippen LogP contribution in [-0.2, 0) is 6.42 Å². The third-order valence-corrected chi connectivity index (χ3v) is 12.2. The maximum absolute atomic E-state index is 11.8. The van der Waals surface area contributed by atoms with Crippen molar-refractivity contribution >= 4 is 10.9 Å². The van der Waals surface area contributed by atoms with Gasteiger partial charge in [0.25, 0.3) is 0 Å². The summed E-state index contributed by atoms with van der Waals surface area (Å²) in [4.78, 5) is 9.72. The predicted octanol–water partition coefficient (Wildman–Crippen LogP) is 6.50. The lowest BCUT2D eigenvalue weighted by Crippen LogP contribution is -2.58. The zero-order valence-electron chi connectivity index (χ0n) is 22.8. The van der Waals surface area contributed by atoms with Gasteiger partial charge in [0, 0.05) is 17.5 Å². The molecule has 6 rings (SSSR count). The molecule has 4 nitrogen and oxygen atoms in total. The van der Waals surface area contributed by atoms with E-state index < -0.39 is 0 Å². The number of hydrogen-bond acceptors (Lipinski definition) is 4. The average molecular weight is 491 g/mol. The molecular formula is C32H46N2O2. The largest absolute Gasteiger partial charge is 0.393 e. The second-order valence-electron chi connectivity index (χ2n) is 13.6. The lowest BCUT2D eigenvalue weighted by atomic mass is 9.43. The highest BCUT2D eigenvalue weighted by atomic mass is 16.3. The number of aryl methyl sites for hydroxylation is 2. The number of rotatable bonds is 4. The number of aliphatic hydroxyl groups is 2. The van der Waals surface area contributed by atoms with E-state index >= 15 is 0 Å². The Hall–Kier alpha value is -1.52. The number of para-hydroxylation sites is 1. The Balaban J connectivity index is 1.19. The summed E-state index contributed by atoms with van der Waals surface area (Å²) < 4.78 is 0. The van der Waals surface area contributed by atoms with E-state index in [-0.39, 0.29) is 17.6 Å². The van der Waals surface area contributed by atoms with Crippen LogP contribution in [0, 0.1) is 53.3 Å². The predicted molar refractivity (Wildman–Crippen MR) is 144 cm³/mol. The molecule has 4 aliphatic rings. The van der Waals surface area contributed by atoms with Crippen LogP contribution in [0.2, 0.25) is 0 Å². The van der Waals surface area contributed by atoms with Gasteiger partial charge in [-0.3, -0.25) is 0 Å². The fourth-order valence-electron chi connectivity index (χ4n) is 10.1. The Labute approximate surface area is 217 Å². The van der Waals surface area contributed by atoms with Crippen LogP contribution in [0.15, 0.2) is 24.3 Å². The van der Waals surface area contributed by atoms with Gasteiger partial charge in [0.1, 0.15) is 5.82 Å². The third kappa shape index (κ3) is 3.76. The summed E-state index contributed by atoms with van der Waals surface area (Å²) in [6.07, 6.45) is 10.8. The van der Waals surface area contributed by atoms with Crippen LogP contribution in [0.1, 0.15) is 90.1 Å².